The molecule has 7 heteroatoms. The van der Waals surface area contributed by atoms with Gasteiger partial charge in [-0.3, -0.25) is 0 Å². The highest BCUT2D eigenvalue weighted by Crippen LogP contribution is 2.56. The summed E-state index contributed by atoms with van der Waals surface area (Å²) in [5.74, 6) is 0. The number of furan rings is 2. The van der Waals surface area contributed by atoms with Crippen molar-refractivity contribution in [3.63, 3.8) is 0 Å². The van der Waals surface area contributed by atoms with Crippen molar-refractivity contribution in [1.29, 1.82) is 0 Å². The van der Waals surface area contributed by atoms with E-state index in [1.807, 2.05) is 0 Å². The van der Waals surface area contributed by atoms with Crippen LogP contribution in [0.15, 0.2) is 288 Å². The molecule has 20 rings (SSSR count). The summed E-state index contributed by atoms with van der Waals surface area (Å²) >= 11 is 0. The van der Waals surface area contributed by atoms with Gasteiger partial charge in [-0.25, -0.2) is 4.85 Å². The van der Waals surface area contributed by atoms with Gasteiger partial charge in [-0.05, 0) is 90.2 Å². The van der Waals surface area contributed by atoms with E-state index in [0.29, 0.717) is 5.69 Å². The summed E-state index contributed by atoms with van der Waals surface area (Å²) in [5.41, 5.74) is 21.3. The standard InChI is InChI=1S/C85H51N5O2/c1-86-77-80(87-66-41-17-11-31-56(66)57-32-12-18-42-67(57)87)78(89-70-45-21-15-35-64(70)75-72(89)49-47-62-60-39-23-37-54(82(60)91-84(62)75)51-25-5-2-6-26-51)74(53-29-9-4-10-30-53)79(81(77)88-68-43-19-13-33-58(68)59-34-14-20-44-69(59)88)90-71-46-22-16-36-65(71)76-73(90)50-48-63-61-40-24-38-55(83(61)92-85(63)76)52-27-7-3-8-28-52/h2-23,25-37,39-50H,24,38H2. The minimum absolute atomic E-state index is 0.480. The van der Waals surface area contributed by atoms with Gasteiger partial charge in [-0.2, -0.15) is 0 Å². The lowest BCUT2D eigenvalue weighted by molar-refractivity contribution is 0.571. The summed E-state index contributed by atoms with van der Waals surface area (Å²) < 4.78 is 24.6. The highest BCUT2D eigenvalue weighted by atomic mass is 16.3. The molecule has 0 aliphatic heterocycles. The molecule has 1 aliphatic rings. The second kappa shape index (κ2) is 19.3. The summed E-state index contributed by atoms with van der Waals surface area (Å²) in [7, 11) is 0. The molecule has 0 spiro atoms. The maximum absolute atomic E-state index is 10.3. The molecule has 6 heterocycles. The molecule has 0 fully saturated rings. The van der Waals surface area contributed by atoms with Crippen LogP contribution in [0.3, 0.4) is 0 Å². The Morgan fingerprint density at radius 2 is 0.696 bits per heavy atom. The molecular weight excluding hydrogens is 1120 g/mol. The van der Waals surface area contributed by atoms with Crippen molar-refractivity contribution in [3.8, 4) is 45.0 Å². The molecule has 7 nitrogen and oxygen atoms in total. The number of nitrogens with zero attached hydrogens (tertiary/aromatic N) is 5. The lowest BCUT2D eigenvalue weighted by atomic mass is 9.95. The SMILES string of the molecule is [C-]#[N+]c1c(-n2c3ccccc3c3ccccc32)c(-n2c3ccccc3c3c4oc5c(c4ccc32)=CCCC=5c2ccccc2)c(-c2ccccc2)c(-n2c3ccccc3c3c4oc5c(-c6ccccc6)cccc5c4ccc32)c1-n1c2ccccc2c2ccccc21. The van der Waals surface area contributed by atoms with E-state index in [1.165, 1.54) is 11.1 Å². The summed E-state index contributed by atoms with van der Waals surface area (Å²) in [6.07, 6.45) is 4.15. The quantitative estimate of drug-likeness (QED) is 0.149. The molecule has 6 aromatic heterocycles. The van der Waals surface area contributed by atoms with Gasteiger partial charge in [0.2, 0.25) is 5.69 Å². The summed E-state index contributed by atoms with van der Waals surface area (Å²) in [4.78, 5) is 5.09. The van der Waals surface area contributed by atoms with Gasteiger partial charge in [-0.15, -0.1) is 0 Å². The molecule has 0 saturated carbocycles. The number of rotatable bonds is 7. The molecule has 0 unspecified atom stereocenters. The third-order valence-electron chi connectivity index (χ3n) is 19.7. The van der Waals surface area contributed by atoms with Crippen molar-refractivity contribution in [2.24, 2.45) is 0 Å². The number of aromatic nitrogens is 4. The first-order valence-electron chi connectivity index (χ1n) is 31.5. The molecule has 1 aliphatic carbocycles. The van der Waals surface area contributed by atoms with Crippen LogP contribution in [0.2, 0.25) is 0 Å². The molecular formula is C85H51N5O2. The van der Waals surface area contributed by atoms with Gasteiger partial charge in [0.15, 0.2) is 0 Å². The number of fused-ring (bicyclic) bond motifs is 20. The van der Waals surface area contributed by atoms with Crippen molar-refractivity contribution in [2.75, 3.05) is 0 Å². The Bertz CT molecular complexity index is 6460. The lowest BCUT2D eigenvalue weighted by Crippen LogP contribution is -2.26. The van der Waals surface area contributed by atoms with Crippen LogP contribution in [0.5, 0.6) is 0 Å². The van der Waals surface area contributed by atoms with E-state index in [9.17, 15) is 6.57 Å². The first-order chi connectivity index (χ1) is 45.7. The normalized spacial score (nSPS) is 12.8. The van der Waals surface area contributed by atoms with Gasteiger partial charge in [-0.1, -0.05) is 224 Å². The molecule has 0 amide bonds. The average molecular weight is 1170 g/mol. The largest absolute Gasteiger partial charge is 0.455 e. The van der Waals surface area contributed by atoms with Crippen molar-refractivity contribution in [2.45, 2.75) is 12.8 Å². The molecule has 13 aromatic carbocycles. The molecule has 19 aromatic rings. The molecule has 92 heavy (non-hydrogen) atoms. The van der Waals surface area contributed by atoms with Crippen LogP contribution < -0.4 is 10.6 Å². The van der Waals surface area contributed by atoms with E-state index < -0.39 is 0 Å². The fourth-order valence-corrected chi connectivity index (χ4v) is 15.9. The van der Waals surface area contributed by atoms with Gasteiger partial charge in [0.25, 0.3) is 0 Å². The zero-order valence-electron chi connectivity index (χ0n) is 49.6. The fourth-order valence-electron chi connectivity index (χ4n) is 15.9. The third-order valence-corrected chi connectivity index (χ3v) is 19.7. The molecule has 428 valence electrons. The van der Waals surface area contributed by atoms with Crippen molar-refractivity contribution in [1.82, 2.24) is 18.3 Å². The summed E-state index contributed by atoms with van der Waals surface area (Å²) in [6.45, 7) is 10.3. The lowest BCUT2D eigenvalue weighted by Gasteiger charge is -2.29. The summed E-state index contributed by atoms with van der Waals surface area (Å²) in [5, 5.41) is 12.7. The van der Waals surface area contributed by atoms with Gasteiger partial charge < -0.3 is 27.1 Å². The Labute approximate surface area is 526 Å². The zero-order chi connectivity index (χ0) is 60.3. The van der Waals surface area contributed by atoms with E-state index in [2.05, 4.69) is 303 Å². The van der Waals surface area contributed by atoms with E-state index in [-0.39, 0.29) is 0 Å². The zero-order valence-corrected chi connectivity index (χ0v) is 49.6. The van der Waals surface area contributed by atoms with E-state index >= 15 is 0 Å². The van der Waals surface area contributed by atoms with Crippen LogP contribution in [0.4, 0.5) is 5.69 Å². The average Bonchev–Trinajstić information content (AvgIpc) is 1.45. The molecule has 0 N–H and O–H groups in total. The third kappa shape index (κ3) is 6.87. The van der Waals surface area contributed by atoms with Gasteiger partial charge >= 0.3 is 0 Å². The second-order valence-corrected chi connectivity index (χ2v) is 24.3. The number of hydrogen-bond donors (Lipinski definition) is 0. The van der Waals surface area contributed by atoms with Crippen LogP contribution >= 0.6 is 0 Å². The first-order valence-corrected chi connectivity index (χ1v) is 31.5. The smallest absolute Gasteiger partial charge is 0.238 e. The Kier molecular flexibility index (Phi) is 10.6. The molecule has 0 saturated heterocycles. The Morgan fingerprint density at radius 3 is 1.20 bits per heavy atom. The van der Waals surface area contributed by atoms with Gasteiger partial charge in [0.05, 0.1) is 84.2 Å². The highest BCUT2D eigenvalue weighted by molar-refractivity contribution is 6.27. The Morgan fingerprint density at radius 1 is 0.304 bits per heavy atom. The van der Waals surface area contributed by atoms with Crippen molar-refractivity contribution < 1.29 is 8.83 Å². The predicted octanol–water partition coefficient (Wildman–Crippen LogP) is 21.4. The highest BCUT2D eigenvalue weighted by Gasteiger charge is 2.36. The van der Waals surface area contributed by atoms with Crippen molar-refractivity contribution >= 4 is 137 Å². The van der Waals surface area contributed by atoms with Crippen LogP contribution in [0.1, 0.15) is 18.4 Å². The first kappa shape index (κ1) is 50.6. The maximum atomic E-state index is 10.3. The summed E-state index contributed by atoms with van der Waals surface area (Å²) in [6, 6.07) is 100. The minimum Gasteiger partial charge on any atom is -0.455 e. The van der Waals surface area contributed by atoms with Gasteiger partial charge in [0.1, 0.15) is 22.2 Å². The predicted molar refractivity (Wildman–Crippen MR) is 380 cm³/mol. The molecule has 0 bridgehead atoms. The van der Waals surface area contributed by atoms with E-state index in [1.54, 1.807) is 0 Å². The number of benzene rings is 13. The topological polar surface area (TPSA) is 50.4 Å². The monoisotopic (exact) mass is 1170 g/mol. The number of hydrogen-bond acceptors (Lipinski definition) is 2. The van der Waals surface area contributed by atoms with Crippen LogP contribution in [0, 0.1) is 6.57 Å². The van der Waals surface area contributed by atoms with Crippen LogP contribution in [-0.2, 0) is 0 Å². The van der Waals surface area contributed by atoms with Gasteiger partial charge in [0, 0.05) is 70.4 Å². The molecule has 0 radical (unpaired) electrons. The maximum Gasteiger partial charge on any atom is 0.238 e. The Hall–Kier alpha value is -12.4. The van der Waals surface area contributed by atoms with Crippen molar-refractivity contribution in [3.05, 3.63) is 307 Å². The number of para-hydroxylation sites is 7. The molecule has 0 atom stereocenters. The minimum atomic E-state index is 0.480. The Balaban J connectivity index is 1.06. The van der Waals surface area contributed by atoms with Crippen LogP contribution in [-0.4, -0.2) is 18.3 Å². The fraction of sp³-hybridized carbons (Fsp3) is 0.0235. The van der Waals surface area contributed by atoms with E-state index in [4.69, 9.17) is 13.7 Å². The van der Waals surface area contributed by atoms with E-state index in [0.717, 1.165) is 189 Å². The van der Waals surface area contributed by atoms with Crippen LogP contribution in [0.25, 0.3) is 182 Å². The second-order valence-electron chi connectivity index (χ2n) is 24.3.